The summed E-state index contributed by atoms with van der Waals surface area (Å²) >= 11 is 0. The maximum atomic E-state index is 2.34. The Morgan fingerprint density at radius 1 is 0.500 bits per heavy atom. The van der Waals surface area contributed by atoms with Crippen LogP contribution in [0.4, 0.5) is 0 Å². The lowest BCUT2D eigenvalue weighted by atomic mass is 9.90. The first-order chi connectivity index (χ1) is 12.8. The molecular weight excluding hydrogens is 312 g/mol. The van der Waals surface area contributed by atoms with Crippen molar-refractivity contribution in [3.05, 3.63) is 95.6 Å². The van der Waals surface area contributed by atoms with Crippen molar-refractivity contribution in [3.8, 4) is 11.1 Å². The van der Waals surface area contributed by atoms with E-state index in [9.17, 15) is 0 Å². The summed E-state index contributed by atoms with van der Waals surface area (Å²) in [6.07, 6.45) is 1.04. The van der Waals surface area contributed by atoms with Crippen molar-refractivity contribution in [1.29, 1.82) is 0 Å². The van der Waals surface area contributed by atoms with Gasteiger partial charge in [0.15, 0.2) is 0 Å². The molecule has 26 heavy (non-hydrogen) atoms. The molecule has 0 unspecified atom stereocenters. The monoisotopic (exact) mass is 330 g/mol. The summed E-state index contributed by atoms with van der Waals surface area (Å²) < 4.78 is 0. The van der Waals surface area contributed by atoms with Crippen LogP contribution in [0.15, 0.2) is 78.9 Å². The van der Waals surface area contributed by atoms with E-state index in [1.165, 1.54) is 60.1 Å². The third-order valence-corrected chi connectivity index (χ3v) is 6.07. The van der Waals surface area contributed by atoms with Gasteiger partial charge in [-0.2, -0.15) is 0 Å². The molecule has 122 valence electrons. The van der Waals surface area contributed by atoms with Gasteiger partial charge in [-0.05, 0) is 73.5 Å². The number of benzene rings is 5. The van der Waals surface area contributed by atoms with Crippen molar-refractivity contribution in [2.75, 3.05) is 0 Å². The Bertz CT molecular complexity index is 1320. The SMILES string of the molecule is Cc1cccc2c1Cc1c-2ccc2c3ccccc3c3ccccc3c12. The van der Waals surface area contributed by atoms with Crippen LogP contribution >= 0.6 is 0 Å². The van der Waals surface area contributed by atoms with Gasteiger partial charge in [0.05, 0.1) is 0 Å². The second-order valence-electron chi connectivity index (χ2n) is 7.38. The van der Waals surface area contributed by atoms with Gasteiger partial charge >= 0.3 is 0 Å². The molecule has 6 rings (SSSR count). The predicted molar refractivity (Wildman–Crippen MR) is 112 cm³/mol. The average molecular weight is 330 g/mol. The first-order valence-corrected chi connectivity index (χ1v) is 9.27. The Kier molecular flexibility index (Phi) is 2.69. The Labute approximate surface area is 152 Å². The van der Waals surface area contributed by atoms with E-state index in [1.807, 2.05) is 0 Å². The minimum atomic E-state index is 1.04. The molecule has 0 heteroatoms. The van der Waals surface area contributed by atoms with Crippen molar-refractivity contribution in [1.82, 2.24) is 0 Å². The minimum absolute atomic E-state index is 1.04. The molecule has 1 aliphatic rings. The van der Waals surface area contributed by atoms with Gasteiger partial charge in [-0.1, -0.05) is 78.9 Å². The lowest BCUT2D eigenvalue weighted by Gasteiger charge is -2.13. The Balaban J connectivity index is 1.87. The van der Waals surface area contributed by atoms with E-state index in [0.29, 0.717) is 0 Å². The van der Waals surface area contributed by atoms with Crippen LogP contribution in [-0.2, 0) is 6.42 Å². The maximum absolute atomic E-state index is 2.34. The Morgan fingerprint density at radius 2 is 1.08 bits per heavy atom. The van der Waals surface area contributed by atoms with Crippen molar-refractivity contribution in [2.24, 2.45) is 0 Å². The van der Waals surface area contributed by atoms with Gasteiger partial charge in [0.2, 0.25) is 0 Å². The van der Waals surface area contributed by atoms with Crippen molar-refractivity contribution >= 4 is 32.3 Å². The molecule has 5 aromatic rings. The van der Waals surface area contributed by atoms with E-state index >= 15 is 0 Å². The average Bonchev–Trinajstić information content (AvgIpc) is 3.08. The van der Waals surface area contributed by atoms with Gasteiger partial charge in [-0.25, -0.2) is 0 Å². The summed E-state index contributed by atoms with van der Waals surface area (Å²) in [7, 11) is 0. The number of hydrogen-bond acceptors (Lipinski definition) is 0. The zero-order chi connectivity index (χ0) is 17.3. The second-order valence-corrected chi connectivity index (χ2v) is 7.38. The Hall–Kier alpha value is -3.12. The fraction of sp³-hybridized carbons (Fsp3) is 0.0769. The molecule has 0 N–H and O–H groups in total. The van der Waals surface area contributed by atoms with E-state index in [1.54, 1.807) is 0 Å². The van der Waals surface area contributed by atoms with Gasteiger partial charge < -0.3 is 0 Å². The summed E-state index contributed by atoms with van der Waals surface area (Å²) in [5, 5.41) is 8.26. The van der Waals surface area contributed by atoms with Gasteiger partial charge in [0, 0.05) is 0 Å². The zero-order valence-electron chi connectivity index (χ0n) is 14.7. The van der Waals surface area contributed by atoms with Crippen LogP contribution < -0.4 is 0 Å². The van der Waals surface area contributed by atoms with Crippen LogP contribution in [0.25, 0.3) is 43.4 Å². The molecule has 1 aliphatic carbocycles. The first kappa shape index (κ1) is 14.1. The summed E-state index contributed by atoms with van der Waals surface area (Å²) in [5.74, 6) is 0. The number of aryl methyl sites for hydroxylation is 1. The zero-order valence-corrected chi connectivity index (χ0v) is 14.7. The molecule has 0 nitrogen and oxygen atoms in total. The Morgan fingerprint density at radius 3 is 1.81 bits per heavy atom. The molecule has 0 heterocycles. The van der Waals surface area contributed by atoms with Crippen molar-refractivity contribution < 1.29 is 0 Å². The lowest BCUT2D eigenvalue weighted by Crippen LogP contribution is -1.89. The molecule has 0 atom stereocenters. The molecule has 0 saturated heterocycles. The maximum Gasteiger partial charge on any atom is -0.000443 e. The van der Waals surface area contributed by atoms with E-state index in [-0.39, 0.29) is 0 Å². The summed E-state index contributed by atoms with van der Waals surface area (Å²) in [6.45, 7) is 2.24. The van der Waals surface area contributed by atoms with Gasteiger partial charge in [-0.3, -0.25) is 0 Å². The van der Waals surface area contributed by atoms with Gasteiger partial charge in [0.1, 0.15) is 0 Å². The van der Waals surface area contributed by atoms with Gasteiger partial charge in [0.25, 0.3) is 0 Å². The molecule has 0 aliphatic heterocycles. The van der Waals surface area contributed by atoms with Crippen LogP contribution in [-0.4, -0.2) is 0 Å². The quantitative estimate of drug-likeness (QED) is 0.262. The topological polar surface area (TPSA) is 0 Å². The number of fused-ring (bicyclic) bond motifs is 10. The molecule has 0 bridgehead atoms. The third kappa shape index (κ3) is 1.69. The molecular formula is C26H18. The summed E-state index contributed by atoms with van der Waals surface area (Å²) in [6, 6.07) is 29.1. The molecule has 5 aromatic carbocycles. The molecule has 0 amide bonds. The number of hydrogen-bond donors (Lipinski definition) is 0. The highest BCUT2D eigenvalue weighted by Gasteiger charge is 2.23. The van der Waals surface area contributed by atoms with E-state index in [4.69, 9.17) is 0 Å². The molecule has 0 radical (unpaired) electrons. The van der Waals surface area contributed by atoms with Crippen LogP contribution in [0.2, 0.25) is 0 Å². The molecule has 0 spiro atoms. The minimum Gasteiger partial charge on any atom is -0.0616 e. The molecule has 0 saturated carbocycles. The van der Waals surface area contributed by atoms with Crippen LogP contribution in [0.3, 0.4) is 0 Å². The smallest absolute Gasteiger partial charge is 0.000443 e. The van der Waals surface area contributed by atoms with Crippen LogP contribution in [0.5, 0.6) is 0 Å². The first-order valence-electron chi connectivity index (χ1n) is 9.27. The van der Waals surface area contributed by atoms with E-state index < -0.39 is 0 Å². The van der Waals surface area contributed by atoms with E-state index in [2.05, 4.69) is 85.8 Å². The van der Waals surface area contributed by atoms with Crippen molar-refractivity contribution in [2.45, 2.75) is 13.3 Å². The standard InChI is InChI=1S/C26H18/c1-16-7-6-12-20-21-13-14-23-19-10-3-2-8-17(19)18-9-4-5-11-22(18)26(23)25(21)15-24(16)20/h2-14H,15H2,1H3. The largest absolute Gasteiger partial charge is 0.0616 e. The van der Waals surface area contributed by atoms with Crippen molar-refractivity contribution in [3.63, 3.8) is 0 Å². The number of rotatable bonds is 0. The third-order valence-electron chi connectivity index (χ3n) is 6.07. The van der Waals surface area contributed by atoms with Crippen LogP contribution in [0, 0.1) is 6.92 Å². The lowest BCUT2D eigenvalue weighted by molar-refractivity contribution is 1.23. The fourth-order valence-electron chi connectivity index (χ4n) is 4.87. The predicted octanol–water partition coefficient (Wildman–Crippen LogP) is 7.03. The second kappa shape index (κ2) is 4.95. The highest BCUT2D eigenvalue weighted by atomic mass is 14.3. The van der Waals surface area contributed by atoms with Gasteiger partial charge in [-0.15, -0.1) is 0 Å². The van der Waals surface area contributed by atoms with Crippen LogP contribution in [0.1, 0.15) is 16.7 Å². The molecule has 0 fully saturated rings. The highest BCUT2D eigenvalue weighted by Crippen LogP contribution is 2.45. The fourth-order valence-corrected chi connectivity index (χ4v) is 4.87. The highest BCUT2D eigenvalue weighted by molar-refractivity contribution is 6.27. The summed E-state index contributed by atoms with van der Waals surface area (Å²) in [4.78, 5) is 0. The normalized spacial score (nSPS) is 12.7. The summed E-state index contributed by atoms with van der Waals surface area (Å²) in [5.41, 5.74) is 7.22. The molecule has 0 aromatic heterocycles. The van der Waals surface area contributed by atoms with E-state index in [0.717, 1.165) is 6.42 Å².